The molecule has 1 fully saturated rings. The van der Waals surface area contributed by atoms with E-state index in [-0.39, 0.29) is 0 Å². The third-order valence-corrected chi connectivity index (χ3v) is 4.49. The highest BCUT2D eigenvalue weighted by Crippen LogP contribution is 2.24. The maximum atomic E-state index is 4.47. The molecule has 0 N–H and O–H groups in total. The number of thiol groups is 1. The zero-order chi connectivity index (χ0) is 12.0. The van der Waals surface area contributed by atoms with Gasteiger partial charge in [-0.05, 0) is 43.4 Å². The number of hydrogen-bond donors (Lipinski definition) is 1. The van der Waals surface area contributed by atoms with Crippen molar-refractivity contribution in [2.24, 2.45) is 17.8 Å². The Kier molecular flexibility index (Phi) is 6.83. The van der Waals surface area contributed by atoms with Crippen molar-refractivity contribution in [2.45, 2.75) is 46.0 Å². The molecule has 1 nitrogen and oxygen atoms in total. The van der Waals surface area contributed by atoms with Crippen LogP contribution < -0.4 is 0 Å². The molecule has 1 aliphatic carbocycles. The predicted molar refractivity (Wildman–Crippen MR) is 76.3 cm³/mol. The van der Waals surface area contributed by atoms with E-state index in [2.05, 4.69) is 38.4 Å². The smallest absolute Gasteiger partial charge is 0.00170 e. The lowest BCUT2D eigenvalue weighted by atomic mass is 9.88. The molecule has 1 unspecified atom stereocenters. The Morgan fingerprint density at radius 3 is 2.31 bits per heavy atom. The van der Waals surface area contributed by atoms with Crippen LogP contribution in [0.2, 0.25) is 0 Å². The molecule has 0 amide bonds. The fraction of sp³-hybridized carbons (Fsp3) is 1.00. The lowest BCUT2D eigenvalue weighted by Crippen LogP contribution is -2.33. The molecule has 0 aliphatic heterocycles. The third kappa shape index (κ3) is 5.09. The summed E-state index contributed by atoms with van der Waals surface area (Å²) in [6.45, 7) is 7.15. The molecule has 0 aromatic carbocycles. The van der Waals surface area contributed by atoms with Crippen LogP contribution in [0.25, 0.3) is 0 Å². The van der Waals surface area contributed by atoms with Crippen LogP contribution in [0.5, 0.6) is 0 Å². The van der Waals surface area contributed by atoms with E-state index in [1.165, 1.54) is 45.2 Å². The van der Waals surface area contributed by atoms with Gasteiger partial charge in [-0.15, -0.1) is 0 Å². The lowest BCUT2D eigenvalue weighted by Gasteiger charge is -2.30. The van der Waals surface area contributed by atoms with E-state index in [1.807, 2.05) is 0 Å². The third-order valence-electron chi connectivity index (χ3n) is 4.02. The first-order valence-electron chi connectivity index (χ1n) is 6.93. The van der Waals surface area contributed by atoms with Crippen molar-refractivity contribution in [3.05, 3.63) is 0 Å². The van der Waals surface area contributed by atoms with Crippen LogP contribution in [0.3, 0.4) is 0 Å². The molecule has 0 heterocycles. The Hall–Kier alpha value is 0.310. The zero-order valence-corrected chi connectivity index (χ0v) is 12.2. The second kappa shape index (κ2) is 7.60. The topological polar surface area (TPSA) is 3.24 Å². The average Bonchev–Trinajstić information content (AvgIpc) is 2.27. The summed E-state index contributed by atoms with van der Waals surface area (Å²) in [7, 11) is 2.29. The summed E-state index contributed by atoms with van der Waals surface area (Å²) in [5.74, 6) is 3.49. The quantitative estimate of drug-likeness (QED) is 0.696. The van der Waals surface area contributed by atoms with Gasteiger partial charge in [-0.2, -0.15) is 12.6 Å². The molecule has 0 spiro atoms. The summed E-state index contributed by atoms with van der Waals surface area (Å²) < 4.78 is 0. The van der Waals surface area contributed by atoms with Crippen LogP contribution in [0.15, 0.2) is 0 Å². The zero-order valence-electron chi connectivity index (χ0n) is 11.3. The molecule has 0 aromatic heterocycles. The molecule has 1 saturated carbocycles. The Labute approximate surface area is 107 Å². The fourth-order valence-corrected chi connectivity index (χ4v) is 3.30. The SMILES string of the molecule is CC(C)C(CS)CN(C)CC1CCCCC1. The highest BCUT2D eigenvalue weighted by Gasteiger charge is 2.18. The first kappa shape index (κ1) is 14.4. The summed E-state index contributed by atoms with van der Waals surface area (Å²) in [5, 5.41) is 0. The predicted octanol–water partition coefficient (Wildman–Crippen LogP) is 3.70. The van der Waals surface area contributed by atoms with Gasteiger partial charge in [0.1, 0.15) is 0 Å². The second-order valence-electron chi connectivity index (χ2n) is 5.91. The van der Waals surface area contributed by atoms with Gasteiger partial charge >= 0.3 is 0 Å². The van der Waals surface area contributed by atoms with Crippen LogP contribution in [0.4, 0.5) is 0 Å². The minimum atomic E-state index is 0.747. The van der Waals surface area contributed by atoms with Gasteiger partial charge in [0, 0.05) is 13.1 Å². The van der Waals surface area contributed by atoms with Gasteiger partial charge < -0.3 is 4.90 Å². The fourth-order valence-electron chi connectivity index (χ4n) is 2.76. The van der Waals surface area contributed by atoms with Crippen molar-refractivity contribution in [3.8, 4) is 0 Å². The summed E-state index contributed by atoms with van der Waals surface area (Å²) in [5.41, 5.74) is 0. The molecule has 1 aliphatic rings. The van der Waals surface area contributed by atoms with Crippen molar-refractivity contribution in [3.63, 3.8) is 0 Å². The number of nitrogens with zero attached hydrogens (tertiary/aromatic N) is 1. The molecule has 1 rings (SSSR count). The van der Waals surface area contributed by atoms with Crippen LogP contribution in [0.1, 0.15) is 46.0 Å². The Morgan fingerprint density at radius 2 is 1.81 bits per heavy atom. The normalized spacial score (nSPS) is 20.6. The van der Waals surface area contributed by atoms with Gasteiger partial charge in [0.2, 0.25) is 0 Å². The molecule has 0 aromatic rings. The van der Waals surface area contributed by atoms with Gasteiger partial charge in [0.05, 0.1) is 0 Å². The summed E-state index contributed by atoms with van der Waals surface area (Å²) in [4.78, 5) is 2.54. The summed E-state index contributed by atoms with van der Waals surface area (Å²) in [6.07, 6.45) is 7.29. The molecule has 16 heavy (non-hydrogen) atoms. The first-order valence-corrected chi connectivity index (χ1v) is 7.56. The molecular weight excluding hydrogens is 214 g/mol. The lowest BCUT2D eigenvalue weighted by molar-refractivity contribution is 0.197. The number of rotatable bonds is 6. The average molecular weight is 243 g/mol. The molecule has 2 heteroatoms. The first-order chi connectivity index (χ1) is 7.63. The van der Waals surface area contributed by atoms with E-state index < -0.39 is 0 Å². The molecule has 0 bridgehead atoms. The molecule has 0 radical (unpaired) electrons. The maximum Gasteiger partial charge on any atom is 0.00170 e. The van der Waals surface area contributed by atoms with Gasteiger partial charge in [0.25, 0.3) is 0 Å². The minimum absolute atomic E-state index is 0.747. The van der Waals surface area contributed by atoms with E-state index in [9.17, 15) is 0 Å². The van der Waals surface area contributed by atoms with Crippen LogP contribution >= 0.6 is 12.6 Å². The maximum absolute atomic E-state index is 4.47. The monoisotopic (exact) mass is 243 g/mol. The highest BCUT2D eigenvalue weighted by molar-refractivity contribution is 7.80. The van der Waals surface area contributed by atoms with Gasteiger partial charge in [-0.1, -0.05) is 33.1 Å². The van der Waals surface area contributed by atoms with Crippen LogP contribution in [-0.4, -0.2) is 30.8 Å². The van der Waals surface area contributed by atoms with Crippen LogP contribution in [-0.2, 0) is 0 Å². The van der Waals surface area contributed by atoms with Crippen molar-refractivity contribution >= 4 is 12.6 Å². The van der Waals surface area contributed by atoms with E-state index in [1.54, 1.807) is 0 Å². The molecule has 0 saturated heterocycles. The van der Waals surface area contributed by atoms with Gasteiger partial charge in [-0.25, -0.2) is 0 Å². The van der Waals surface area contributed by atoms with Crippen molar-refractivity contribution in [1.82, 2.24) is 4.90 Å². The molecule has 1 atom stereocenters. The summed E-state index contributed by atoms with van der Waals surface area (Å²) >= 11 is 4.47. The van der Waals surface area contributed by atoms with Crippen molar-refractivity contribution in [1.29, 1.82) is 0 Å². The minimum Gasteiger partial charge on any atom is -0.306 e. The largest absolute Gasteiger partial charge is 0.306 e. The number of hydrogen-bond acceptors (Lipinski definition) is 2. The van der Waals surface area contributed by atoms with Gasteiger partial charge in [0.15, 0.2) is 0 Å². The van der Waals surface area contributed by atoms with E-state index in [0.717, 1.165) is 23.5 Å². The second-order valence-corrected chi connectivity index (χ2v) is 6.28. The van der Waals surface area contributed by atoms with Crippen LogP contribution in [0, 0.1) is 17.8 Å². The van der Waals surface area contributed by atoms with E-state index in [0.29, 0.717) is 0 Å². The molecule has 96 valence electrons. The Morgan fingerprint density at radius 1 is 1.19 bits per heavy atom. The van der Waals surface area contributed by atoms with Crippen molar-refractivity contribution in [2.75, 3.05) is 25.9 Å². The van der Waals surface area contributed by atoms with Gasteiger partial charge in [-0.3, -0.25) is 0 Å². The summed E-state index contributed by atoms with van der Waals surface area (Å²) in [6, 6.07) is 0. The Bertz CT molecular complexity index is 176. The standard InChI is InChI=1S/C14H29NS/c1-12(2)14(11-16)10-15(3)9-13-7-5-4-6-8-13/h12-14,16H,4-11H2,1-3H3. The molecular formula is C14H29NS. The highest BCUT2D eigenvalue weighted by atomic mass is 32.1. The Balaban J connectivity index is 2.25. The van der Waals surface area contributed by atoms with E-state index >= 15 is 0 Å². The van der Waals surface area contributed by atoms with E-state index in [4.69, 9.17) is 0 Å². The van der Waals surface area contributed by atoms with Crippen molar-refractivity contribution < 1.29 is 0 Å².